The molecule has 0 atom stereocenters. The van der Waals surface area contributed by atoms with E-state index in [0.717, 1.165) is 6.42 Å². The molecule has 0 saturated carbocycles. The molecule has 78 valence electrons. The Morgan fingerprint density at radius 1 is 1.27 bits per heavy atom. The van der Waals surface area contributed by atoms with Gasteiger partial charge in [-0.2, -0.15) is 0 Å². The zero-order chi connectivity index (χ0) is 10.9. The molecule has 3 heteroatoms. The molecule has 0 heterocycles. The van der Waals surface area contributed by atoms with Crippen molar-refractivity contribution in [3.05, 3.63) is 60.4 Å². The second-order valence-corrected chi connectivity index (χ2v) is 2.88. The summed E-state index contributed by atoms with van der Waals surface area (Å²) >= 11 is 0. The van der Waals surface area contributed by atoms with Crippen LogP contribution in [0.2, 0.25) is 0 Å². The molecule has 0 radical (unpaired) electrons. The van der Waals surface area contributed by atoms with Gasteiger partial charge >= 0.3 is 6.09 Å². The van der Waals surface area contributed by atoms with Crippen LogP contribution in [0.4, 0.5) is 4.79 Å². The van der Waals surface area contributed by atoms with Crippen LogP contribution in [0.15, 0.2) is 54.8 Å². The number of nitrogens with two attached hydrogens (primary N) is 1. The standard InChI is InChI=1S/C12H13NO2/c13-12(14)15-10-6-2-5-9-11-7-3-1-4-8-11/h1-8,10H,9H2,(H2,13,14). The minimum absolute atomic E-state index is 0.803. The quantitative estimate of drug-likeness (QED) is 0.603. The summed E-state index contributed by atoms with van der Waals surface area (Å²) in [5, 5.41) is 0. The van der Waals surface area contributed by atoms with E-state index < -0.39 is 6.09 Å². The van der Waals surface area contributed by atoms with E-state index in [-0.39, 0.29) is 0 Å². The van der Waals surface area contributed by atoms with Crippen LogP contribution in [-0.2, 0) is 11.2 Å². The Hall–Kier alpha value is -2.03. The molecule has 1 aromatic rings. The smallest absolute Gasteiger partial charge is 0.409 e. The molecule has 1 amide bonds. The van der Waals surface area contributed by atoms with Crippen molar-refractivity contribution in [3.8, 4) is 0 Å². The first kappa shape index (κ1) is 11.0. The molecule has 0 aliphatic rings. The Bertz CT molecular complexity index is 355. The third-order valence-corrected chi connectivity index (χ3v) is 1.71. The fourth-order valence-corrected chi connectivity index (χ4v) is 1.05. The molecule has 0 bridgehead atoms. The van der Waals surface area contributed by atoms with E-state index in [1.807, 2.05) is 36.4 Å². The van der Waals surface area contributed by atoms with Crippen molar-refractivity contribution in [2.45, 2.75) is 6.42 Å². The number of benzene rings is 1. The number of carbonyl (C=O) groups excluding carboxylic acids is 1. The van der Waals surface area contributed by atoms with Crippen molar-refractivity contribution in [2.24, 2.45) is 5.73 Å². The van der Waals surface area contributed by atoms with E-state index in [1.54, 1.807) is 12.2 Å². The highest BCUT2D eigenvalue weighted by Crippen LogP contribution is 1.99. The van der Waals surface area contributed by atoms with Gasteiger partial charge in [0.25, 0.3) is 0 Å². The van der Waals surface area contributed by atoms with Gasteiger partial charge in [0.15, 0.2) is 0 Å². The first-order chi connectivity index (χ1) is 7.29. The molecular weight excluding hydrogens is 190 g/mol. The average Bonchev–Trinajstić information content (AvgIpc) is 2.24. The molecular formula is C12H13NO2. The van der Waals surface area contributed by atoms with E-state index in [1.165, 1.54) is 11.8 Å². The lowest BCUT2D eigenvalue weighted by Crippen LogP contribution is -2.08. The molecule has 15 heavy (non-hydrogen) atoms. The van der Waals surface area contributed by atoms with Crippen LogP contribution in [0.25, 0.3) is 0 Å². The third kappa shape index (κ3) is 5.31. The minimum atomic E-state index is -0.803. The van der Waals surface area contributed by atoms with Gasteiger partial charge in [0.05, 0.1) is 6.26 Å². The monoisotopic (exact) mass is 203 g/mol. The number of carbonyl (C=O) groups is 1. The van der Waals surface area contributed by atoms with Crippen LogP contribution in [0, 0.1) is 0 Å². The molecule has 0 unspecified atom stereocenters. The summed E-state index contributed by atoms with van der Waals surface area (Å²) in [7, 11) is 0. The second kappa shape index (κ2) is 6.43. The Morgan fingerprint density at radius 2 is 2.00 bits per heavy atom. The van der Waals surface area contributed by atoms with Crippen molar-refractivity contribution in [3.63, 3.8) is 0 Å². The van der Waals surface area contributed by atoms with E-state index in [9.17, 15) is 4.79 Å². The molecule has 0 aliphatic carbocycles. The van der Waals surface area contributed by atoms with Crippen LogP contribution in [0.5, 0.6) is 0 Å². The second-order valence-electron chi connectivity index (χ2n) is 2.88. The topological polar surface area (TPSA) is 52.3 Å². The van der Waals surface area contributed by atoms with Crippen molar-refractivity contribution in [1.29, 1.82) is 0 Å². The van der Waals surface area contributed by atoms with Gasteiger partial charge in [-0.1, -0.05) is 42.5 Å². The lowest BCUT2D eigenvalue weighted by atomic mass is 10.1. The van der Waals surface area contributed by atoms with E-state index >= 15 is 0 Å². The molecule has 2 N–H and O–H groups in total. The number of hydrogen-bond acceptors (Lipinski definition) is 2. The Labute approximate surface area is 88.9 Å². The number of primary amides is 1. The lowest BCUT2D eigenvalue weighted by Gasteiger charge is -1.92. The van der Waals surface area contributed by atoms with Crippen LogP contribution in [0.1, 0.15) is 5.56 Å². The Kier molecular flexibility index (Phi) is 4.73. The van der Waals surface area contributed by atoms with E-state index in [4.69, 9.17) is 5.73 Å². The molecule has 0 aromatic heterocycles. The summed E-state index contributed by atoms with van der Waals surface area (Å²) in [6, 6.07) is 10.1. The molecule has 1 rings (SSSR count). The fraction of sp³-hybridized carbons (Fsp3) is 0.0833. The highest BCUT2D eigenvalue weighted by atomic mass is 16.5. The van der Waals surface area contributed by atoms with Gasteiger partial charge in [-0.25, -0.2) is 4.79 Å². The number of hydrogen-bond donors (Lipinski definition) is 1. The maximum Gasteiger partial charge on any atom is 0.409 e. The summed E-state index contributed by atoms with van der Waals surface area (Å²) < 4.78 is 4.40. The Morgan fingerprint density at radius 3 is 2.67 bits per heavy atom. The first-order valence-electron chi connectivity index (χ1n) is 4.61. The molecule has 0 saturated heterocycles. The predicted octanol–water partition coefficient (Wildman–Crippen LogP) is 2.39. The van der Waals surface area contributed by atoms with Gasteiger partial charge in [-0.05, 0) is 18.1 Å². The van der Waals surface area contributed by atoms with Crippen LogP contribution in [0.3, 0.4) is 0 Å². The number of amides is 1. The predicted molar refractivity (Wildman–Crippen MR) is 59.1 cm³/mol. The summed E-state index contributed by atoms with van der Waals surface area (Å²) in [6.07, 6.45) is 6.69. The normalized spacial score (nSPS) is 10.9. The van der Waals surface area contributed by atoms with Crippen molar-refractivity contribution in [1.82, 2.24) is 0 Å². The van der Waals surface area contributed by atoms with Gasteiger partial charge in [-0.3, -0.25) is 0 Å². The third-order valence-electron chi connectivity index (χ3n) is 1.71. The van der Waals surface area contributed by atoms with Crippen LogP contribution >= 0.6 is 0 Å². The number of allylic oxidation sites excluding steroid dienone is 3. The minimum Gasteiger partial charge on any atom is -0.418 e. The van der Waals surface area contributed by atoms with Crippen LogP contribution < -0.4 is 5.73 Å². The van der Waals surface area contributed by atoms with Gasteiger partial charge < -0.3 is 10.5 Å². The maximum absolute atomic E-state index is 10.2. The summed E-state index contributed by atoms with van der Waals surface area (Å²) in [6.45, 7) is 0. The Balaban J connectivity index is 2.28. The largest absolute Gasteiger partial charge is 0.418 e. The number of ether oxygens (including phenoxy) is 1. The molecule has 0 fully saturated rings. The summed E-state index contributed by atoms with van der Waals surface area (Å²) in [5.41, 5.74) is 6.00. The van der Waals surface area contributed by atoms with Gasteiger partial charge in [0, 0.05) is 0 Å². The molecule has 3 nitrogen and oxygen atoms in total. The highest BCUT2D eigenvalue weighted by Gasteiger charge is 1.85. The summed E-state index contributed by atoms with van der Waals surface area (Å²) in [5.74, 6) is 0. The van der Waals surface area contributed by atoms with Gasteiger partial charge in [-0.15, -0.1) is 0 Å². The van der Waals surface area contributed by atoms with Crippen molar-refractivity contribution >= 4 is 6.09 Å². The zero-order valence-corrected chi connectivity index (χ0v) is 8.30. The number of rotatable bonds is 4. The van der Waals surface area contributed by atoms with Crippen LogP contribution in [-0.4, -0.2) is 6.09 Å². The highest BCUT2D eigenvalue weighted by molar-refractivity contribution is 5.65. The zero-order valence-electron chi connectivity index (χ0n) is 8.30. The fourth-order valence-electron chi connectivity index (χ4n) is 1.05. The average molecular weight is 203 g/mol. The molecule has 0 aliphatic heterocycles. The van der Waals surface area contributed by atoms with Gasteiger partial charge in [0.2, 0.25) is 0 Å². The SMILES string of the molecule is NC(=O)OC=CC=CCc1ccccc1. The maximum atomic E-state index is 10.2. The van der Waals surface area contributed by atoms with Gasteiger partial charge in [0.1, 0.15) is 0 Å². The summed E-state index contributed by atoms with van der Waals surface area (Å²) in [4.78, 5) is 10.2. The van der Waals surface area contributed by atoms with E-state index in [0.29, 0.717) is 0 Å². The van der Waals surface area contributed by atoms with E-state index in [2.05, 4.69) is 4.74 Å². The molecule has 1 aromatic carbocycles. The van der Waals surface area contributed by atoms with Crippen molar-refractivity contribution < 1.29 is 9.53 Å². The first-order valence-corrected chi connectivity index (χ1v) is 4.61. The lowest BCUT2D eigenvalue weighted by molar-refractivity contribution is 0.196. The molecule has 0 spiro atoms. The van der Waals surface area contributed by atoms with Crippen molar-refractivity contribution in [2.75, 3.05) is 0 Å².